The van der Waals surface area contributed by atoms with E-state index < -0.39 is 0 Å². The van der Waals surface area contributed by atoms with Gasteiger partial charge in [0.15, 0.2) is 0 Å². The molecule has 0 aliphatic carbocycles. The maximum Gasteiger partial charge on any atom is 2.00 e. The Morgan fingerprint density at radius 3 is 1.18 bits per heavy atom. The summed E-state index contributed by atoms with van der Waals surface area (Å²) in [6.45, 7) is 6.95. The molecule has 134 valence electrons. The van der Waals surface area contributed by atoms with Crippen LogP contribution < -0.4 is 10.6 Å². The number of nitrogens with zero attached hydrogens (tertiary/aromatic N) is 1. The summed E-state index contributed by atoms with van der Waals surface area (Å²) in [5, 5.41) is 11.7. The number of hydrogen-bond donors (Lipinski definition) is 2. The summed E-state index contributed by atoms with van der Waals surface area (Å²) in [5.41, 5.74) is 0. The molecule has 0 radical (unpaired) electrons. The van der Waals surface area contributed by atoms with Crippen molar-refractivity contribution >= 4 is 24.8 Å². The predicted octanol–water partition coefficient (Wildman–Crippen LogP) is 4.36. The van der Waals surface area contributed by atoms with Crippen molar-refractivity contribution in [2.75, 3.05) is 39.3 Å². The van der Waals surface area contributed by atoms with Gasteiger partial charge < -0.3 is 23.4 Å². The van der Waals surface area contributed by atoms with Gasteiger partial charge in [0, 0.05) is 0 Å². The number of hydrogen-bond acceptors (Lipinski definition) is 2. The number of rotatable bonds is 0. The fraction of sp³-hybridized carbons (Fsp3) is 0.938. The zero-order valence-corrected chi connectivity index (χ0v) is 17.6. The molecule has 6 heteroatoms. The summed E-state index contributed by atoms with van der Waals surface area (Å²) in [6.07, 6.45) is 11.9. The zero-order valence-electron chi connectivity index (χ0n) is 14.4. The third-order valence-corrected chi connectivity index (χ3v) is 3.55. The van der Waals surface area contributed by atoms with Crippen molar-refractivity contribution in [2.24, 2.45) is 0 Å². The van der Waals surface area contributed by atoms with Gasteiger partial charge in [-0.05, 0) is 51.9 Å². The van der Waals surface area contributed by atoms with Crippen molar-refractivity contribution in [3.05, 3.63) is 12.7 Å². The van der Waals surface area contributed by atoms with Crippen LogP contribution in [-0.4, -0.2) is 39.3 Å². The average Bonchev–Trinajstić information content (AvgIpc) is 2.39. The second-order valence-electron chi connectivity index (χ2n) is 5.35. The molecule has 3 nitrogen and oxygen atoms in total. The normalized spacial score (nSPS) is 19.6. The second-order valence-corrected chi connectivity index (χ2v) is 5.35. The van der Waals surface area contributed by atoms with E-state index in [0.29, 0.717) is 0 Å². The molecule has 0 aromatic heterocycles. The van der Waals surface area contributed by atoms with Crippen molar-refractivity contribution in [3.63, 3.8) is 0 Å². The number of nitrogens with one attached hydrogen (secondary N) is 2. The van der Waals surface area contributed by atoms with E-state index in [1.165, 1.54) is 84.0 Å². The minimum atomic E-state index is 0. The molecule has 1 saturated heterocycles. The summed E-state index contributed by atoms with van der Waals surface area (Å²) >= 11 is 0. The topological polar surface area (TPSA) is 38.2 Å². The van der Waals surface area contributed by atoms with E-state index in [2.05, 4.69) is 16.0 Å². The van der Waals surface area contributed by atoms with Gasteiger partial charge in [-0.1, -0.05) is 32.1 Å². The van der Waals surface area contributed by atoms with Gasteiger partial charge in [0.1, 0.15) is 0 Å². The van der Waals surface area contributed by atoms with E-state index in [0.717, 1.165) is 13.1 Å². The number of halogens is 2. The molecule has 0 unspecified atom stereocenters. The van der Waals surface area contributed by atoms with Crippen LogP contribution in [0.15, 0.2) is 0 Å². The molecule has 0 amide bonds. The molecule has 0 atom stereocenters. The molecule has 0 spiro atoms. The maximum absolute atomic E-state index is 4.59. The van der Waals surface area contributed by atoms with Gasteiger partial charge in [-0.3, -0.25) is 0 Å². The SMILES string of the molecule is C1CC[N-]CCCCCNCCCCCNCC1.Cl.Cl.[CH3-].[Ti+2]. The smallest absolute Gasteiger partial charge is 0.662 e. The molecule has 1 aliphatic rings. The van der Waals surface area contributed by atoms with E-state index in [9.17, 15) is 0 Å². The summed E-state index contributed by atoms with van der Waals surface area (Å²) in [4.78, 5) is 0. The quantitative estimate of drug-likeness (QED) is 0.477. The monoisotopic (exact) mass is 389 g/mol. The van der Waals surface area contributed by atoms with E-state index in [1.807, 2.05) is 0 Å². The van der Waals surface area contributed by atoms with Crippen LogP contribution in [0, 0.1) is 7.43 Å². The average molecular weight is 390 g/mol. The first-order valence-corrected chi connectivity index (χ1v) is 8.05. The zero-order chi connectivity index (χ0) is 12.7. The fourth-order valence-corrected chi connectivity index (χ4v) is 2.34. The molecule has 0 aromatic rings. The van der Waals surface area contributed by atoms with Crippen LogP contribution >= 0.6 is 24.8 Å². The summed E-state index contributed by atoms with van der Waals surface area (Å²) in [6, 6.07) is 0. The standard InChI is InChI=1S/C15H32N3.CH3.2ClH.Ti/c1-4-10-16-12-6-2-8-14-18-15-9-3-7-13-17-11-5-1;;;;/h16-17H,1-15H2;1H3;2*1H;/q2*-1;;;+2. The molecule has 0 bridgehead atoms. The van der Waals surface area contributed by atoms with Crippen molar-refractivity contribution in [1.82, 2.24) is 10.6 Å². The first kappa shape index (κ1) is 31.0. The van der Waals surface area contributed by atoms with Gasteiger partial charge >= 0.3 is 21.7 Å². The largest absolute Gasteiger partial charge is 2.00 e. The van der Waals surface area contributed by atoms with Crippen LogP contribution in [0.3, 0.4) is 0 Å². The van der Waals surface area contributed by atoms with Crippen LogP contribution in [0.1, 0.15) is 57.8 Å². The Balaban J connectivity index is -0.000000405. The van der Waals surface area contributed by atoms with Crippen LogP contribution in [0.25, 0.3) is 5.32 Å². The van der Waals surface area contributed by atoms with Gasteiger partial charge in [-0.2, -0.15) is 0 Å². The Labute approximate surface area is 166 Å². The van der Waals surface area contributed by atoms with Gasteiger partial charge in [-0.25, -0.2) is 0 Å². The van der Waals surface area contributed by atoms with Crippen LogP contribution in [0.5, 0.6) is 0 Å². The minimum Gasteiger partial charge on any atom is -0.662 e. The van der Waals surface area contributed by atoms with Crippen molar-refractivity contribution < 1.29 is 21.7 Å². The Hall–Kier alpha value is 1.17. The Bertz CT molecular complexity index is 102. The summed E-state index contributed by atoms with van der Waals surface area (Å²) < 4.78 is 0. The van der Waals surface area contributed by atoms with Crippen LogP contribution in [-0.2, 0) is 21.7 Å². The van der Waals surface area contributed by atoms with E-state index >= 15 is 0 Å². The van der Waals surface area contributed by atoms with Gasteiger partial charge in [-0.15, -0.1) is 37.9 Å². The molecule has 0 aromatic carbocycles. The summed E-state index contributed by atoms with van der Waals surface area (Å²) in [7, 11) is 0. The van der Waals surface area contributed by atoms with Crippen LogP contribution in [0.2, 0.25) is 0 Å². The first-order valence-electron chi connectivity index (χ1n) is 8.05. The molecule has 22 heavy (non-hydrogen) atoms. The second kappa shape index (κ2) is 27.0. The maximum atomic E-state index is 4.59. The minimum absolute atomic E-state index is 0. The van der Waals surface area contributed by atoms with Crippen LogP contribution in [0.4, 0.5) is 0 Å². The predicted molar refractivity (Wildman–Crippen MR) is 101 cm³/mol. The third-order valence-electron chi connectivity index (χ3n) is 3.55. The van der Waals surface area contributed by atoms with Gasteiger partial charge in [0.05, 0.1) is 0 Å². The molecule has 1 fully saturated rings. The third kappa shape index (κ3) is 23.4. The van der Waals surface area contributed by atoms with E-state index in [-0.39, 0.29) is 54.0 Å². The molecule has 1 rings (SSSR count). The first-order chi connectivity index (χ1) is 9.00. The molecule has 2 N–H and O–H groups in total. The Morgan fingerprint density at radius 2 is 0.818 bits per heavy atom. The summed E-state index contributed by atoms with van der Waals surface area (Å²) in [5.74, 6) is 0. The molecular formula is C16H37Cl2N3Ti. The Kier molecular flexibility index (Phi) is 38.1. The van der Waals surface area contributed by atoms with E-state index in [1.54, 1.807) is 0 Å². The van der Waals surface area contributed by atoms with Crippen molar-refractivity contribution in [1.29, 1.82) is 0 Å². The van der Waals surface area contributed by atoms with Crippen molar-refractivity contribution in [3.8, 4) is 0 Å². The molecule has 0 saturated carbocycles. The fourth-order valence-electron chi connectivity index (χ4n) is 2.34. The van der Waals surface area contributed by atoms with Crippen molar-refractivity contribution in [2.45, 2.75) is 57.8 Å². The van der Waals surface area contributed by atoms with Gasteiger partial charge in [0.2, 0.25) is 0 Å². The van der Waals surface area contributed by atoms with E-state index in [4.69, 9.17) is 0 Å². The Morgan fingerprint density at radius 1 is 0.500 bits per heavy atom. The molecule has 1 heterocycles. The molecular weight excluding hydrogens is 353 g/mol. The molecule has 1 aliphatic heterocycles. The van der Waals surface area contributed by atoms with Gasteiger partial charge in [0.25, 0.3) is 0 Å².